The van der Waals surface area contributed by atoms with Gasteiger partial charge in [0, 0.05) is 23.8 Å². The molecule has 0 radical (unpaired) electrons. The van der Waals surface area contributed by atoms with Crippen LogP contribution in [-0.2, 0) is 6.54 Å². The molecule has 0 aliphatic carbocycles. The number of piperidine rings is 1. The molecule has 4 heteroatoms. The maximum Gasteiger partial charge on any atom is 0.0538 e. The normalized spacial score (nSPS) is 18.9. The molecule has 1 fully saturated rings. The Bertz CT molecular complexity index is 418. The van der Waals surface area contributed by atoms with Crippen LogP contribution in [0.25, 0.3) is 0 Å². The summed E-state index contributed by atoms with van der Waals surface area (Å²) in [5, 5.41) is 8.25. The molecule has 0 bridgehead atoms. The highest BCUT2D eigenvalue weighted by Gasteiger charge is 2.37. The van der Waals surface area contributed by atoms with E-state index in [2.05, 4.69) is 49.2 Å². The van der Waals surface area contributed by atoms with Crippen LogP contribution in [0, 0.1) is 0 Å². The molecular formula is C17H32N4. The van der Waals surface area contributed by atoms with E-state index in [1.165, 1.54) is 37.9 Å². The van der Waals surface area contributed by atoms with E-state index in [1.54, 1.807) is 0 Å². The van der Waals surface area contributed by atoms with Gasteiger partial charge in [0.25, 0.3) is 0 Å². The first kappa shape index (κ1) is 16.5. The van der Waals surface area contributed by atoms with Crippen LogP contribution in [0.4, 0.5) is 0 Å². The molecule has 4 nitrogen and oxygen atoms in total. The Balaban J connectivity index is 2.20. The van der Waals surface area contributed by atoms with E-state index < -0.39 is 0 Å². The van der Waals surface area contributed by atoms with Crippen LogP contribution >= 0.6 is 0 Å². The highest BCUT2D eigenvalue weighted by atomic mass is 15.3. The Kier molecular flexibility index (Phi) is 5.82. The van der Waals surface area contributed by atoms with Gasteiger partial charge in [-0.25, -0.2) is 0 Å². The number of nitrogens with one attached hydrogen (secondary N) is 1. The third kappa shape index (κ3) is 3.86. The number of hydrogen-bond acceptors (Lipinski definition) is 3. The van der Waals surface area contributed by atoms with Gasteiger partial charge in [-0.15, -0.1) is 0 Å². The van der Waals surface area contributed by atoms with Crippen molar-refractivity contribution in [1.29, 1.82) is 0 Å². The molecule has 1 atom stereocenters. The second-order valence-electron chi connectivity index (χ2n) is 6.72. The first-order valence-corrected chi connectivity index (χ1v) is 8.60. The van der Waals surface area contributed by atoms with Gasteiger partial charge < -0.3 is 5.32 Å². The monoisotopic (exact) mass is 292 g/mol. The lowest BCUT2D eigenvalue weighted by Gasteiger charge is -2.46. The van der Waals surface area contributed by atoms with Gasteiger partial charge in [0.05, 0.1) is 12.2 Å². The predicted octanol–water partition coefficient (Wildman–Crippen LogP) is 3.21. The second-order valence-corrected chi connectivity index (χ2v) is 6.72. The van der Waals surface area contributed by atoms with Crippen molar-refractivity contribution >= 4 is 0 Å². The molecule has 2 heterocycles. The number of nitrogens with zero attached hydrogens (tertiary/aromatic N) is 3. The summed E-state index contributed by atoms with van der Waals surface area (Å²) in [6.07, 6.45) is 9.46. The van der Waals surface area contributed by atoms with Crippen molar-refractivity contribution in [3.63, 3.8) is 0 Å². The van der Waals surface area contributed by atoms with Crippen LogP contribution < -0.4 is 5.32 Å². The zero-order valence-corrected chi connectivity index (χ0v) is 14.2. The van der Waals surface area contributed by atoms with Crippen molar-refractivity contribution in [3.05, 3.63) is 18.0 Å². The van der Waals surface area contributed by atoms with Crippen molar-refractivity contribution in [1.82, 2.24) is 20.0 Å². The minimum atomic E-state index is 0.122. The van der Waals surface area contributed by atoms with Crippen molar-refractivity contribution in [2.75, 3.05) is 19.6 Å². The fraction of sp³-hybridized carbons (Fsp3) is 0.824. The number of likely N-dealkylation sites (tertiary alicyclic amines) is 1. The smallest absolute Gasteiger partial charge is 0.0538 e. The molecule has 120 valence electrons. The first-order chi connectivity index (χ1) is 10.1. The molecule has 0 saturated carbocycles. The Hall–Kier alpha value is -0.870. The topological polar surface area (TPSA) is 33.1 Å². The number of rotatable bonds is 7. The maximum absolute atomic E-state index is 4.48. The van der Waals surface area contributed by atoms with Gasteiger partial charge in [-0.05, 0) is 59.7 Å². The highest BCUT2D eigenvalue weighted by Crippen LogP contribution is 2.33. The van der Waals surface area contributed by atoms with Crippen LogP contribution in [-0.4, -0.2) is 39.9 Å². The van der Waals surface area contributed by atoms with Gasteiger partial charge >= 0.3 is 0 Å². The van der Waals surface area contributed by atoms with Gasteiger partial charge in [0.15, 0.2) is 0 Å². The lowest BCUT2D eigenvalue weighted by atomic mass is 9.86. The standard InChI is InChI=1S/C17H32N4/c1-5-10-18-16(15-13-19-21(6-2)14-15)17(3,4)20-11-8-7-9-12-20/h13-14,16,18H,5-12H2,1-4H3. The molecule has 1 aliphatic rings. The van der Waals surface area contributed by atoms with E-state index >= 15 is 0 Å². The SMILES string of the molecule is CCCNC(c1cnn(CC)c1)C(C)(C)N1CCCCC1. The van der Waals surface area contributed by atoms with E-state index in [0.717, 1.165) is 19.5 Å². The summed E-state index contributed by atoms with van der Waals surface area (Å²) in [5.74, 6) is 0. The maximum atomic E-state index is 4.48. The van der Waals surface area contributed by atoms with Gasteiger partial charge in [0.1, 0.15) is 0 Å². The van der Waals surface area contributed by atoms with Crippen molar-refractivity contribution < 1.29 is 0 Å². The summed E-state index contributed by atoms with van der Waals surface area (Å²) in [7, 11) is 0. The van der Waals surface area contributed by atoms with Crippen LogP contribution in [0.15, 0.2) is 12.4 Å². The number of aryl methyl sites for hydroxylation is 1. The highest BCUT2D eigenvalue weighted by molar-refractivity contribution is 5.17. The van der Waals surface area contributed by atoms with Crippen LogP contribution in [0.3, 0.4) is 0 Å². The van der Waals surface area contributed by atoms with Crippen LogP contribution in [0.5, 0.6) is 0 Å². The van der Waals surface area contributed by atoms with Crippen LogP contribution in [0.2, 0.25) is 0 Å². The number of aromatic nitrogens is 2. The van der Waals surface area contributed by atoms with E-state index in [9.17, 15) is 0 Å². The Morgan fingerprint density at radius 2 is 1.95 bits per heavy atom. The van der Waals surface area contributed by atoms with Crippen molar-refractivity contribution in [2.45, 2.75) is 71.5 Å². The van der Waals surface area contributed by atoms with Crippen LogP contribution in [0.1, 0.15) is 65.0 Å². The molecule has 1 N–H and O–H groups in total. The fourth-order valence-corrected chi connectivity index (χ4v) is 3.42. The molecule has 1 saturated heterocycles. The minimum Gasteiger partial charge on any atom is -0.308 e. The lowest BCUT2D eigenvalue weighted by molar-refractivity contribution is 0.0607. The summed E-state index contributed by atoms with van der Waals surface area (Å²) in [5.41, 5.74) is 1.44. The molecule has 1 aliphatic heterocycles. The fourth-order valence-electron chi connectivity index (χ4n) is 3.42. The molecule has 21 heavy (non-hydrogen) atoms. The third-order valence-electron chi connectivity index (χ3n) is 4.79. The first-order valence-electron chi connectivity index (χ1n) is 8.60. The van der Waals surface area contributed by atoms with E-state index in [1.807, 2.05) is 10.9 Å². The predicted molar refractivity (Wildman–Crippen MR) is 88.4 cm³/mol. The quantitative estimate of drug-likeness (QED) is 0.838. The van der Waals surface area contributed by atoms with Crippen molar-refractivity contribution in [3.8, 4) is 0 Å². The Morgan fingerprint density at radius 1 is 1.24 bits per heavy atom. The van der Waals surface area contributed by atoms with E-state index in [0.29, 0.717) is 6.04 Å². The van der Waals surface area contributed by atoms with Gasteiger partial charge in [-0.2, -0.15) is 5.10 Å². The molecule has 0 aromatic carbocycles. The average molecular weight is 292 g/mol. The summed E-state index contributed by atoms with van der Waals surface area (Å²) < 4.78 is 2.03. The molecule has 0 spiro atoms. The second kappa shape index (κ2) is 7.41. The Labute approximate surface area is 129 Å². The zero-order chi connectivity index (χ0) is 15.3. The zero-order valence-electron chi connectivity index (χ0n) is 14.2. The molecule has 2 rings (SSSR count). The van der Waals surface area contributed by atoms with Gasteiger partial charge in [-0.1, -0.05) is 13.3 Å². The summed E-state index contributed by atoms with van der Waals surface area (Å²) in [6.45, 7) is 13.6. The third-order valence-corrected chi connectivity index (χ3v) is 4.79. The Morgan fingerprint density at radius 3 is 2.52 bits per heavy atom. The summed E-state index contributed by atoms with van der Waals surface area (Å²) >= 11 is 0. The summed E-state index contributed by atoms with van der Waals surface area (Å²) in [6, 6.07) is 0.343. The van der Waals surface area contributed by atoms with E-state index in [-0.39, 0.29) is 5.54 Å². The molecular weight excluding hydrogens is 260 g/mol. The van der Waals surface area contributed by atoms with Gasteiger partial charge in [-0.3, -0.25) is 9.58 Å². The number of hydrogen-bond donors (Lipinski definition) is 1. The lowest BCUT2D eigenvalue weighted by Crippen LogP contribution is -2.54. The molecule has 0 amide bonds. The van der Waals surface area contributed by atoms with Crippen molar-refractivity contribution in [2.24, 2.45) is 0 Å². The molecule has 1 aromatic heterocycles. The average Bonchev–Trinajstić information content (AvgIpc) is 2.97. The molecule has 1 aromatic rings. The summed E-state index contributed by atoms with van der Waals surface area (Å²) in [4.78, 5) is 2.66. The molecule has 1 unspecified atom stereocenters. The van der Waals surface area contributed by atoms with E-state index in [4.69, 9.17) is 0 Å². The minimum absolute atomic E-state index is 0.122. The largest absolute Gasteiger partial charge is 0.308 e. The van der Waals surface area contributed by atoms with Gasteiger partial charge in [0.2, 0.25) is 0 Å².